The Hall–Kier alpha value is -3.99. The van der Waals surface area contributed by atoms with Gasteiger partial charge in [-0.25, -0.2) is 4.98 Å². The van der Waals surface area contributed by atoms with E-state index in [0.717, 1.165) is 33.6 Å². The topological polar surface area (TPSA) is 111 Å². The maximum absolute atomic E-state index is 12.8. The number of aromatic nitrogens is 2. The Bertz CT molecular complexity index is 1380. The van der Waals surface area contributed by atoms with Crippen molar-refractivity contribution >= 4 is 11.6 Å². The summed E-state index contributed by atoms with van der Waals surface area (Å²) < 4.78 is 1.90. The summed E-state index contributed by atoms with van der Waals surface area (Å²) in [4.78, 5) is 17.5. The highest BCUT2D eigenvalue weighted by Crippen LogP contribution is 2.24. The quantitative estimate of drug-likeness (QED) is 0.363. The number of hydrogen-bond donors (Lipinski definition) is 3. The molecule has 0 spiro atoms. The Labute approximate surface area is 204 Å². The normalized spacial score (nSPS) is 12.8. The number of carbonyl (C=O) groups is 1. The van der Waals surface area contributed by atoms with Crippen molar-refractivity contribution in [2.75, 3.05) is 6.61 Å². The molecule has 0 aliphatic carbocycles. The number of fused-ring (bicyclic) bond motifs is 1. The number of amides is 1. The van der Waals surface area contributed by atoms with Crippen LogP contribution in [0.2, 0.25) is 0 Å². The molecule has 2 aromatic heterocycles. The van der Waals surface area contributed by atoms with Crippen molar-refractivity contribution in [3.63, 3.8) is 0 Å². The van der Waals surface area contributed by atoms with Crippen molar-refractivity contribution in [2.45, 2.75) is 38.8 Å². The average molecular weight is 469 g/mol. The number of hydrogen-bond acceptors (Lipinski definition) is 5. The summed E-state index contributed by atoms with van der Waals surface area (Å²) in [6.07, 6.45) is 4.20. The minimum atomic E-state index is -0.610. The van der Waals surface area contributed by atoms with E-state index in [1.54, 1.807) is 25.1 Å². The smallest absolute Gasteiger partial charge is 0.251 e. The molecule has 7 nitrogen and oxygen atoms in total. The zero-order valence-corrected chi connectivity index (χ0v) is 19.8. The molecule has 4 aromatic rings. The Kier molecular flexibility index (Phi) is 7.25. The Morgan fingerprint density at radius 1 is 1.20 bits per heavy atom. The summed E-state index contributed by atoms with van der Waals surface area (Å²) in [7, 11) is 0. The zero-order valence-electron chi connectivity index (χ0n) is 19.8. The van der Waals surface area contributed by atoms with Crippen molar-refractivity contribution in [1.82, 2.24) is 14.7 Å². The highest BCUT2D eigenvalue weighted by atomic mass is 16.3. The number of carbonyl (C=O) groups excluding carboxylic acids is 1. The molecule has 178 valence electrons. The molecule has 0 aliphatic heterocycles. The zero-order chi connectivity index (χ0) is 24.9. The first-order chi connectivity index (χ1) is 16.9. The van der Waals surface area contributed by atoms with Crippen LogP contribution in [0.5, 0.6) is 0 Å². The number of nitrogens with zero attached hydrogens (tertiary/aromatic N) is 3. The lowest BCUT2D eigenvalue weighted by Gasteiger charge is -2.18. The first-order valence-electron chi connectivity index (χ1n) is 11.6. The lowest BCUT2D eigenvalue weighted by Crippen LogP contribution is -2.37. The molecule has 2 aromatic carbocycles. The van der Waals surface area contributed by atoms with Crippen LogP contribution in [0.15, 0.2) is 67.0 Å². The van der Waals surface area contributed by atoms with Gasteiger partial charge >= 0.3 is 0 Å². The van der Waals surface area contributed by atoms with Crippen molar-refractivity contribution < 1.29 is 15.0 Å². The van der Waals surface area contributed by atoms with Crippen molar-refractivity contribution in [3.05, 3.63) is 94.8 Å². The van der Waals surface area contributed by atoms with Crippen molar-refractivity contribution in [1.29, 1.82) is 5.26 Å². The Morgan fingerprint density at radius 2 is 1.97 bits per heavy atom. The van der Waals surface area contributed by atoms with Crippen LogP contribution in [0, 0.1) is 18.3 Å². The van der Waals surface area contributed by atoms with E-state index in [9.17, 15) is 20.3 Å². The fraction of sp³-hybridized carbons (Fsp3) is 0.250. The van der Waals surface area contributed by atoms with Crippen LogP contribution in [0.1, 0.15) is 52.1 Å². The van der Waals surface area contributed by atoms with E-state index in [2.05, 4.69) is 11.4 Å². The van der Waals surface area contributed by atoms with Crippen molar-refractivity contribution in [2.24, 2.45) is 0 Å². The molecule has 0 saturated heterocycles. The van der Waals surface area contributed by atoms with E-state index in [4.69, 9.17) is 4.98 Å². The van der Waals surface area contributed by atoms with Crippen molar-refractivity contribution in [3.8, 4) is 17.3 Å². The van der Waals surface area contributed by atoms with E-state index in [1.165, 1.54) is 0 Å². The maximum atomic E-state index is 12.8. The summed E-state index contributed by atoms with van der Waals surface area (Å²) in [5, 5.41) is 31.8. The Morgan fingerprint density at radius 3 is 2.66 bits per heavy atom. The van der Waals surface area contributed by atoms with Crippen LogP contribution in [-0.2, 0) is 6.42 Å². The molecule has 0 radical (unpaired) electrons. The standard InChI is InChI=1S/C28H28N4O3/c1-18-5-8-22(15-23(18)16-29)28(35)30-24(11-13-33)14-20-6-9-21(10-7-20)26-17-32-12-3-4-25(19(2)34)27(32)31-26/h3-10,12,15,17,19,24,33-34H,11,13-14H2,1-2H3,(H,30,35)/t19?,24-/m1/s1. The van der Waals surface area contributed by atoms with Gasteiger partial charge < -0.3 is 19.9 Å². The highest BCUT2D eigenvalue weighted by molar-refractivity contribution is 5.94. The molecule has 1 unspecified atom stereocenters. The van der Waals surface area contributed by atoms with Gasteiger partial charge in [-0.3, -0.25) is 4.79 Å². The van der Waals surface area contributed by atoms with E-state index in [0.29, 0.717) is 24.0 Å². The Balaban J connectivity index is 1.49. The van der Waals surface area contributed by atoms with Crippen LogP contribution in [0.3, 0.4) is 0 Å². The fourth-order valence-electron chi connectivity index (χ4n) is 4.13. The summed E-state index contributed by atoms with van der Waals surface area (Å²) in [6, 6.07) is 18.6. The molecular formula is C28H28N4O3. The summed E-state index contributed by atoms with van der Waals surface area (Å²) in [5.74, 6) is -0.268. The second-order valence-corrected chi connectivity index (χ2v) is 8.72. The number of rotatable bonds is 8. The number of benzene rings is 2. The van der Waals surface area contributed by atoms with Gasteiger partial charge in [-0.2, -0.15) is 5.26 Å². The number of aliphatic hydroxyl groups is 2. The van der Waals surface area contributed by atoms with Gasteiger partial charge in [0.2, 0.25) is 0 Å². The average Bonchev–Trinajstić information content (AvgIpc) is 3.29. The second kappa shape index (κ2) is 10.5. The van der Waals surface area contributed by atoms with Gasteiger partial charge in [-0.05, 0) is 56.0 Å². The van der Waals surface area contributed by atoms with Gasteiger partial charge in [0.15, 0.2) is 0 Å². The van der Waals surface area contributed by atoms with Gasteiger partial charge in [0.1, 0.15) is 5.65 Å². The molecule has 1 amide bonds. The van der Waals surface area contributed by atoms with E-state index in [1.807, 2.05) is 60.1 Å². The molecule has 7 heteroatoms. The number of imidazole rings is 1. The predicted octanol–water partition coefficient (Wildman–Crippen LogP) is 3.96. The fourth-order valence-corrected chi connectivity index (χ4v) is 4.13. The lowest BCUT2D eigenvalue weighted by atomic mass is 10.0. The maximum Gasteiger partial charge on any atom is 0.251 e. The number of aryl methyl sites for hydroxylation is 1. The third kappa shape index (κ3) is 5.40. The van der Waals surface area contributed by atoms with E-state index >= 15 is 0 Å². The number of aliphatic hydroxyl groups excluding tert-OH is 2. The minimum Gasteiger partial charge on any atom is -0.396 e. The summed E-state index contributed by atoms with van der Waals surface area (Å²) in [6.45, 7) is 3.51. The third-order valence-electron chi connectivity index (χ3n) is 6.13. The monoisotopic (exact) mass is 468 g/mol. The molecule has 0 saturated carbocycles. The van der Waals surface area contributed by atoms with E-state index < -0.39 is 6.10 Å². The van der Waals surface area contributed by atoms with Gasteiger partial charge in [0.25, 0.3) is 5.91 Å². The summed E-state index contributed by atoms with van der Waals surface area (Å²) >= 11 is 0. The molecule has 0 bridgehead atoms. The number of nitriles is 1. The predicted molar refractivity (Wildman–Crippen MR) is 134 cm³/mol. The lowest BCUT2D eigenvalue weighted by molar-refractivity contribution is 0.0930. The molecule has 3 N–H and O–H groups in total. The van der Waals surface area contributed by atoms with Gasteiger partial charge in [-0.1, -0.05) is 36.4 Å². The van der Waals surface area contributed by atoms with Crippen LogP contribution in [-0.4, -0.2) is 38.2 Å². The molecule has 2 heterocycles. The first kappa shape index (κ1) is 24.1. The van der Waals surface area contributed by atoms with Gasteiger partial charge in [0.05, 0.1) is 23.4 Å². The van der Waals surface area contributed by atoms with Gasteiger partial charge in [0, 0.05) is 41.7 Å². The van der Waals surface area contributed by atoms with Crippen LogP contribution < -0.4 is 5.32 Å². The molecule has 0 fully saturated rings. The SMILES string of the molecule is Cc1ccc(C(=O)N[C@H](CCO)Cc2ccc(-c3cn4cccc(C(C)O)c4n3)cc2)cc1C#N. The molecule has 4 rings (SSSR count). The van der Waals surface area contributed by atoms with Crippen LogP contribution in [0.4, 0.5) is 0 Å². The number of nitrogens with one attached hydrogen (secondary N) is 1. The van der Waals surface area contributed by atoms with Gasteiger partial charge in [-0.15, -0.1) is 0 Å². The summed E-state index contributed by atoms with van der Waals surface area (Å²) in [5.41, 5.74) is 5.98. The number of pyridine rings is 1. The molecular weight excluding hydrogens is 440 g/mol. The molecule has 2 atom stereocenters. The highest BCUT2D eigenvalue weighted by Gasteiger charge is 2.16. The van der Waals surface area contributed by atoms with Crippen LogP contribution >= 0.6 is 0 Å². The minimum absolute atomic E-state index is 0.0484. The largest absolute Gasteiger partial charge is 0.396 e. The first-order valence-corrected chi connectivity index (χ1v) is 11.6. The second-order valence-electron chi connectivity index (χ2n) is 8.72. The third-order valence-corrected chi connectivity index (χ3v) is 6.13. The molecule has 35 heavy (non-hydrogen) atoms. The van der Waals surface area contributed by atoms with Crippen LogP contribution in [0.25, 0.3) is 16.9 Å². The molecule has 0 aliphatic rings. The van der Waals surface area contributed by atoms with E-state index in [-0.39, 0.29) is 18.6 Å².